The first kappa shape index (κ1) is 4.01. The van der Waals surface area contributed by atoms with Crippen LogP contribution in [0.4, 0.5) is 0 Å². The maximum atomic E-state index is 7.98. The lowest BCUT2D eigenvalue weighted by molar-refractivity contribution is -0.153. The molecule has 1 heterocycles. The Morgan fingerprint density at radius 3 is 1.67 bits per heavy atom. The van der Waals surface area contributed by atoms with Gasteiger partial charge in [0.2, 0.25) is 6.29 Å². The van der Waals surface area contributed by atoms with Crippen LogP contribution in [0.5, 0.6) is 0 Å². The molecule has 1 saturated heterocycles. The van der Waals surface area contributed by atoms with E-state index in [-0.39, 0.29) is 0 Å². The number of hydrogen-bond donors (Lipinski definition) is 3. The van der Waals surface area contributed by atoms with E-state index in [9.17, 15) is 0 Å². The Labute approximate surface area is 33.6 Å². The summed E-state index contributed by atoms with van der Waals surface area (Å²) in [6, 6.07) is 0. The maximum Gasteiger partial charge on any atom is 0.334 e. The summed E-state index contributed by atoms with van der Waals surface area (Å²) in [5.41, 5.74) is 0. The molecule has 0 radical (unpaired) electrons. The summed E-state index contributed by atoms with van der Waals surface area (Å²) in [4.78, 5) is 0. The van der Waals surface area contributed by atoms with Gasteiger partial charge in [-0.1, -0.05) is 0 Å². The molecule has 1 aliphatic rings. The second-order valence-electron chi connectivity index (χ2n) is 1.13. The Hall–Kier alpha value is -0.160. The van der Waals surface area contributed by atoms with Crippen molar-refractivity contribution in [1.29, 1.82) is 0 Å². The summed E-state index contributed by atoms with van der Waals surface area (Å²) in [5.74, 6) is -2.24. The Kier molecular flexibility index (Phi) is 0.493. The zero-order valence-electron chi connectivity index (χ0n) is 2.83. The summed E-state index contributed by atoms with van der Waals surface area (Å²) in [6.45, 7) is 0. The highest BCUT2D eigenvalue weighted by atomic mass is 16.9. The summed E-state index contributed by atoms with van der Waals surface area (Å²) in [5, 5.41) is 23.9. The Balaban J connectivity index is 2.41. The molecule has 4 heteroatoms. The zero-order chi connectivity index (χ0) is 4.78. The van der Waals surface area contributed by atoms with Crippen LogP contribution in [-0.4, -0.2) is 27.6 Å². The van der Waals surface area contributed by atoms with Crippen molar-refractivity contribution in [2.45, 2.75) is 12.3 Å². The van der Waals surface area contributed by atoms with E-state index in [0.717, 1.165) is 0 Å². The first-order valence-corrected chi connectivity index (χ1v) is 1.43. The lowest BCUT2D eigenvalue weighted by Gasteiger charge is -1.83. The third-order valence-corrected chi connectivity index (χ3v) is 0.550. The lowest BCUT2D eigenvalue weighted by Crippen LogP contribution is -2.10. The predicted octanol–water partition coefficient (Wildman–Crippen LogP) is -2.03. The number of aliphatic hydroxyl groups is 3. The molecule has 0 spiro atoms. The van der Waals surface area contributed by atoms with Gasteiger partial charge < -0.3 is 15.3 Å². The minimum absolute atomic E-state index is 1.39. The normalized spacial score (nSPS) is 39.5. The highest BCUT2D eigenvalue weighted by Crippen LogP contribution is 2.26. The first-order valence-electron chi connectivity index (χ1n) is 1.43. The van der Waals surface area contributed by atoms with E-state index in [1.54, 1.807) is 0 Å². The molecule has 0 amide bonds. The van der Waals surface area contributed by atoms with Gasteiger partial charge in [-0.15, -0.1) is 0 Å². The quantitative estimate of drug-likeness (QED) is 0.238. The molecule has 6 heavy (non-hydrogen) atoms. The van der Waals surface area contributed by atoms with E-state index in [2.05, 4.69) is 4.74 Å². The minimum Gasteiger partial charge on any atom is -0.362 e. The number of rotatable bonds is 0. The molecule has 4 nitrogen and oxygen atoms in total. The van der Waals surface area contributed by atoms with Crippen molar-refractivity contribution in [2.24, 2.45) is 0 Å². The van der Waals surface area contributed by atoms with Crippen molar-refractivity contribution >= 4 is 0 Å². The van der Waals surface area contributed by atoms with Crippen LogP contribution < -0.4 is 0 Å². The van der Waals surface area contributed by atoms with E-state index in [0.29, 0.717) is 0 Å². The number of aliphatic hydroxyl groups excluding tert-OH is 1. The Bertz CT molecular complexity index is 67.9. The molecule has 1 rings (SSSR count). The molecule has 0 saturated carbocycles. The van der Waals surface area contributed by atoms with Crippen LogP contribution >= 0.6 is 0 Å². The van der Waals surface area contributed by atoms with Crippen molar-refractivity contribution in [2.75, 3.05) is 0 Å². The Morgan fingerprint density at radius 1 is 1.50 bits per heavy atom. The van der Waals surface area contributed by atoms with Crippen LogP contribution in [0.3, 0.4) is 0 Å². The molecular formula is C2H4O4. The number of hydrogen-bond acceptors (Lipinski definition) is 4. The van der Waals surface area contributed by atoms with Crippen LogP contribution in [0.1, 0.15) is 0 Å². The van der Waals surface area contributed by atoms with Crippen LogP contribution in [0.15, 0.2) is 0 Å². The van der Waals surface area contributed by atoms with Gasteiger partial charge in [-0.05, 0) is 0 Å². The fourth-order valence-electron chi connectivity index (χ4n) is 0.130. The van der Waals surface area contributed by atoms with E-state index in [1.807, 2.05) is 0 Å². The van der Waals surface area contributed by atoms with Crippen molar-refractivity contribution < 1.29 is 20.1 Å². The van der Waals surface area contributed by atoms with Crippen molar-refractivity contribution in [1.82, 2.24) is 0 Å². The smallest absolute Gasteiger partial charge is 0.334 e. The van der Waals surface area contributed by atoms with E-state index in [1.165, 1.54) is 0 Å². The van der Waals surface area contributed by atoms with Gasteiger partial charge >= 0.3 is 5.97 Å². The van der Waals surface area contributed by atoms with E-state index < -0.39 is 12.3 Å². The van der Waals surface area contributed by atoms with Crippen molar-refractivity contribution in [3.05, 3.63) is 0 Å². The largest absolute Gasteiger partial charge is 0.362 e. The summed E-state index contributed by atoms with van der Waals surface area (Å²) in [6.07, 6.45) is -1.39. The number of epoxide rings is 1. The van der Waals surface area contributed by atoms with E-state index >= 15 is 0 Å². The average molecular weight is 92.0 g/mol. The third-order valence-electron chi connectivity index (χ3n) is 0.550. The molecule has 0 bridgehead atoms. The molecule has 0 aromatic carbocycles. The second-order valence-corrected chi connectivity index (χ2v) is 1.13. The van der Waals surface area contributed by atoms with Gasteiger partial charge in [0.05, 0.1) is 0 Å². The van der Waals surface area contributed by atoms with Gasteiger partial charge in [-0.2, -0.15) is 0 Å². The first-order chi connectivity index (χ1) is 2.63. The SMILES string of the molecule is OC1OC1(O)O. The fourth-order valence-corrected chi connectivity index (χ4v) is 0.130. The van der Waals surface area contributed by atoms with Crippen molar-refractivity contribution in [3.8, 4) is 0 Å². The van der Waals surface area contributed by atoms with Gasteiger partial charge in [0.25, 0.3) is 0 Å². The summed E-state index contributed by atoms with van der Waals surface area (Å²) >= 11 is 0. The number of ether oxygens (including phenoxy) is 1. The molecule has 0 aromatic rings. The van der Waals surface area contributed by atoms with Gasteiger partial charge in [-0.25, -0.2) is 0 Å². The summed E-state index contributed by atoms with van der Waals surface area (Å²) < 4.78 is 3.77. The molecule has 36 valence electrons. The molecule has 1 atom stereocenters. The lowest BCUT2D eigenvalue weighted by atomic mass is 10.7. The van der Waals surface area contributed by atoms with Crippen LogP contribution in [0.2, 0.25) is 0 Å². The monoisotopic (exact) mass is 92.0 g/mol. The molecule has 0 aromatic heterocycles. The molecule has 0 aliphatic carbocycles. The summed E-state index contributed by atoms with van der Waals surface area (Å²) in [7, 11) is 0. The average Bonchev–Trinajstić information content (AvgIpc) is 1.73. The van der Waals surface area contributed by atoms with Gasteiger partial charge in [0.1, 0.15) is 0 Å². The topological polar surface area (TPSA) is 73.2 Å². The van der Waals surface area contributed by atoms with Crippen LogP contribution in [0.25, 0.3) is 0 Å². The van der Waals surface area contributed by atoms with E-state index in [4.69, 9.17) is 15.3 Å². The molecular weight excluding hydrogens is 88.0 g/mol. The van der Waals surface area contributed by atoms with Gasteiger partial charge in [0, 0.05) is 0 Å². The fraction of sp³-hybridized carbons (Fsp3) is 1.00. The molecule has 1 fully saturated rings. The van der Waals surface area contributed by atoms with Crippen molar-refractivity contribution in [3.63, 3.8) is 0 Å². The van der Waals surface area contributed by atoms with Crippen LogP contribution in [0, 0.1) is 0 Å². The van der Waals surface area contributed by atoms with Gasteiger partial charge in [-0.3, -0.25) is 4.74 Å². The molecule has 1 aliphatic heterocycles. The molecule has 1 unspecified atom stereocenters. The third kappa shape index (κ3) is 0.396. The minimum atomic E-state index is -2.24. The predicted molar refractivity (Wildman–Crippen MR) is 14.3 cm³/mol. The standard InChI is InChI=1S/C2H4O4/c3-1-2(4,5)6-1/h1,3-5H. The molecule has 3 N–H and O–H groups in total. The Morgan fingerprint density at radius 2 is 1.67 bits per heavy atom. The highest BCUT2D eigenvalue weighted by Gasteiger charge is 2.54. The maximum absolute atomic E-state index is 7.98. The second kappa shape index (κ2) is 0.737. The van der Waals surface area contributed by atoms with Gasteiger partial charge in [0.15, 0.2) is 0 Å². The zero-order valence-corrected chi connectivity index (χ0v) is 2.83. The van der Waals surface area contributed by atoms with Crippen LogP contribution in [-0.2, 0) is 4.74 Å². The highest BCUT2D eigenvalue weighted by molar-refractivity contribution is 4.68.